The molecule has 2 heteroatoms. The van der Waals surface area contributed by atoms with Gasteiger partial charge < -0.3 is 9.47 Å². The van der Waals surface area contributed by atoms with Crippen LogP contribution in [0, 0.1) is 0 Å². The molecule has 0 bridgehead atoms. The Labute approximate surface area is 69.9 Å². The molecule has 68 valence electrons. The minimum atomic E-state index is 0.348. The summed E-state index contributed by atoms with van der Waals surface area (Å²) in [6.45, 7) is 8.74. The molecule has 0 aliphatic carbocycles. The summed E-state index contributed by atoms with van der Waals surface area (Å²) in [4.78, 5) is 0. The maximum Gasteiger partial charge on any atom is 0.0518 e. The fraction of sp³-hybridized carbons (Fsp3) is 1.00. The van der Waals surface area contributed by atoms with Crippen LogP contribution in [0.15, 0.2) is 0 Å². The third-order valence-electron chi connectivity index (χ3n) is 1.23. The standard InChI is InChI=1S/C9H20O2/c1-4-6-10-7-5-8-11-9(2)3/h9H,4-8H2,1-3H3. The number of ether oxygens (including phenoxy) is 2. The third kappa shape index (κ3) is 9.92. The van der Waals surface area contributed by atoms with E-state index in [1.807, 2.05) is 13.8 Å². The molecule has 0 rings (SSSR count). The van der Waals surface area contributed by atoms with Crippen molar-refractivity contribution in [3.8, 4) is 0 Å². The van der Waals surface area contributed by atoms with E-state index in [0.717, 1.165) is 32.7 Å². The molecule has 2 nitrogen and oxygen atoms in total. The van der Waals surface area contributed by atoms with E-state index in [9.17, 15) is 0 Å². The molecule has 0 aromatic heterocycles. The summed E-state index contributed by atoms with van der Waals surface area (Å²) in [6, 6.07) is 0. The highest BCUT2D eigenvalue weighted by Crippen LogP contribution is 1.91. The fourth-order valence-corrected chi connectivity index (χ4v) is 0.726. The summed E-state index contributed by atoms with van der Waals surface area (Å²) in [7, 11) is 0. The van der Waals surface area contributed by atoms with Crippen molar-refractivity contribution in [3.05, 3.63) is 0 Å². The minimum absolute atomic E-state index is 0.348. The second kappa shape index (κ2) is 8.02. The van der Waals surface area contributed by atoms with Gasteiger partial charge in [0.25, 0.3) is 0 Å². The molecule has 0 amide bonds. The number of hydrogen-bond donors (Lipinski definition) is 0. The Hall–Kier alpha value is -0.0800. The van der Waals surface area contributed by atoms with Crippen molar-refractivity contribution < 1.29 is 9.47 Å². The summed E-state index contributed by atoms with van der Waals surface area (Å²) in [6.07, 6.45) is 2.46. The fourth-order valence-electron chi connectivity index (χ4n) is 0.726. The Morgan fingerprint density at radius 2 is 1.82 bits per heavy atom. The number of hydrogen-bond acceptors (Lipinski definition) is 2. The molecule has 0 radical (unpaired) electrons. The minimum Gasteiger partial charge on any atom is -0.381 e. The highest BCUT2D eigenvalue weighted by Gasteiger charge is 1.92. The normalized spacial score (nSPS) is 10.9. The van der Waals surface area contributed by atoms with Crippen LogP contribution in [-0.4, -0.2) is 25.9 Å². The van der Waals surface area contributed by atoms with Crippen molar-refractivity contribution in [2.24, 2.45) is 0 Å². The van der Waals surface area contributed by atoms with Crippen LogP contribution in [0.3, 0.4) is 0 Å². The van der Waals surface area contributed by atoms with Crippen LogP contribution in [0.5, 0.6) is 0 Å². The maximum atomic E-state index is 5.34. The van der Waals surface area contributed by atoms with Gasteiger partial charge in [-0.1, -0.05) is 6.92 Å². The van der Waals surface area contributed by atoms with Crippen molar-refractivity contribution in [2.75, 3.05) is 19.8 Å². The van der Waals surface area contributed by atoms with Crippen molar-refractivity contribution in [1.29, 1.82) is 0 Å². The molecule has 0 saturated carbocycles. The predicted octanol–water partition coefficient (Wildman–Crippen LogP) is 2.23. The summed E-state index contributed by atoms with van der Waals surface area (Å²) in [5.41, 5.74) is 0. The second-order valence-electron chi connectivity index (χ2n) is 2.89. The van der Waals surface area contributed by atoms with Crippen LogP contribution in [0.4, 0.5) is 0 Å². The van der Waals surface area contributed by atoms with Crippen LogP contribution in [0.1, 0.15) is 33.6 Å². The van der Waals surface area contributed by atoms with Crippen molar-refractivity contribution in [2.45, 2.75) is 39.7 Å². The van der Waals surface area contributed by atoms with E-state index in [-0.39, 0.29) is 0 Å². The topological polar surface area (TPSA) is 18.5 Å². The lowest BCUT2D eigenvalue weighted by atomic mass is 10.4. The molecule has 11 heavy (non-hydrogen) atoms. The molecule has 0 aliphatic heterocycles. The zero-order valence-corrected chi connectivity index (χ0v) is 7.93. The molecule has 0 atom stereocenters. The average Bonchev–Trinajstić information content (AvgIpc) is 1.96. The highest BCUT2D eigenvalue weighted by atomic mass is 16.5. The SMILES string of the molecule is CCCOCCCOC(C)C. The Balaban J connectivity index is 2.80. The van der Waals surface area contributed by atoms with Crippen molar-refractivity contribution >= 4 is 0 Å². The first-order valence-corrected chi connectivity index (χ1v) is 4.46. The van der Waals surface area contributed by atoms with E-state index in [1.165, 1.54) is 0 Å². The van der Waals surface area contributed by atoms with E-state index in [4.69, 9.17) is 9.47 Å². The quantitative estimate of drug-likeness (QED) is 0.532. The second-order valence-corrected chi connectivity index (χ2v) is 2.89. The summed E-state index contributed by atoms with van der Waals surface area (Å²) >= 11 is 0. The van der Waals surface area contributed by atoms with Gasteiger partial charge in [-0.05, 0) is 26.7 Å². The molecular formula is C9H20O2. The summed E-state index contributed by atoms with van der Waals surface area (Å²) < 4.78 is 10.6. The Kier molecular flexibility index (Phi) is 7.96. The Morgan fingerprint density at radius 1 is 1.09 bits per heavy atom. The van der Waals surface area contributed by atoms with Gasteiger partial charge in [0.05, 0.1) is 6.10 Å². The largest absolute Gasteiger partial charge is 0.381 e. The first kappa shape index (κ1) is 10.9. The van der Waals surface area contributed by atoms with Crippen molar-refractivity contribution in [1.82, 2.24) is 0 Å². The van der Waals surface area contributed by atoms with Crippen LogP contribution in [0.25, 0.3) is 0 Å². The van der Waals surface area contributed by atoms with Gasteiger partial charge >= 0.3 is 0 Å². The van der Waals surface area contributed by atoms with Gasteiger partial charge in [-0.15, -0.1) is 0 Å². The molecule has 0 heterocycles. The molecule has 0 spiro atoms. The molecular weight excluding hydrogens is 140 g/mol. The summed E-state index contributed by atoms with van der Waals surface area (Å²) in [5.74, 6) is 0. The van der Waals surface area contributed by atoms with E-state index >= 15 is 0 Å². The maximum absolute atomic E-state index is 5.34. The lowest BCUT2D eigenvalue weighted by Gasteiger charge is -2.06. The van der Waals surface area contributed by atoms with Crippen molar-refractivity contribution in [3.63, 3.8) is 0 Å². The highest BCUT2D eigenvalue weighted by molar-refractivity contribution is 4.38. The van der Waals surface area contributed by atoms with E-state index in [1.54, 1.807) is 0 Å². The van der Waals surface area contributed by atoms with Crippen LogP contribution >= 0.6 is 0 Å². The van der Waals surface area contributed by atoms with E-state index < -0.39 is 0 Å². The van der Waals surface area contributed by atoms with Gasteiger partial charge in [0.1, 0.15) is 0 Å². The smallest absolute Gasteiger partial charge is 0.0518 e. The average molecular weight is 160 g/mol. The lowest BCUT2D eigenvalue weighted by Crippen LogP contribution is -2.06. The molecule has 0 unspecified atom stereocenters. The Morgan fingerprint density at radius 3 is 2.36 bits per heavy atom. The zero-order valence-electron chi connectivity index (χ0n) is 7.93. The molecule has 0 saturated heterocycles. The first-order valence-electron chi connectivity index (χ1n) is 4.46. The zero-order chi connectivity index (χ0) is 8.53. The predicted molar refractivity (Wildman–Crippen MR) is 46.8 cm³/mol. The number of rotatable bonds is 7. The first-order chi connectivity index (χ1) is 5.27. The van der Waals surface area contributed by atoms with Gasteiger partial charge in [-0.2, -0.15) is 0 Å². The molecule has 0 aromatic rings. The molecule has 0 aromatic carbocycles. The van der Waals surface area contributed by atoms with Gasteiger partial charge in [-0.3, -0.25) is 0 Å². The monoisotopic (exact) mass is 160 g/mol. The van der Waals surface area contributed by atoms with E-state index in [0.29, 0.717) is 6.10 Å². The van der Waals surface area contributed by atoms with E-state index in [2.05, 4.69) is 6.92 Å². The van der Waals surface area contributed by atoms with Crippen LogP contribution in [-0.2, 0) is 9.47 Å². The van der Waals surface area contributed by atoms with Crippen LogP contribution < -0.4 is 0 Å². The molecule has 0 aliphatic rings. The van der Waals surface area contributed by atoms with Gasteiger partial charge in [0.2, 0.25) is 0 Å². The third-order valence-corrected chi connectivity index (χ3v) is 1.23. The van der Waals surface area contributed by atoms with Gasteiger partial charge in [0, 0.05) is 19.8 Å². The summed E-state index contributed by atoms with van der Waals surface area (Å²) in [5, 5.41) is 0. The Bertz CT molecular complexity index is 72.0. The van der Waals surface area contributed by atoms with Crippen LogP contribution in [0.2, 0.25) is 0 Å². The lowest BCUT2D eigenvalue weighted by molar-refractivity contribution is 0.0515. The molecule has 0 fully saturated rings. The van der Waals surface area contributed by atoms with Gasteiger partial charge in [0.15, 0.2) is 0 Å². The molecule has 0 N–H and O–H groups in total. The van der Waals surface area contributed by atoms with Gasteiger partial charge in [-0.25, -0.2) is 0 Å².